The molecule has 0 saturated heterocycles. The summed E-state index contributed by atoms with van der Waals surface area (Å²) in [6.07, 6.45) is 2.93. The average Bonchev–Trinajstić information content (AvgIpc) is 2.30. The Morgan fingerprint density at radius 2 is 2.12 bits per heavy atom. The van der Waals surface area contributed by atoms with Crippen molar-refractivity contribution in [2.24, 2.45) is 5.73 Å². The van der Waals surface area contributed by atoms with Crippen LogP contribution >= 0.6 is 11.6 Å². The van der Waals surface area contributed by atoms with Crippen molar-refractivity contribution < 1.29 is 9.13 Å². The number of halogens is 2. The molecule has 96 valence electrons. The summed E-state index contributed by atoms with van der Waals surface area (Å²) >= 11 is 5.97. The van der Waals surface area contributed by atoms with E-state index in [1.54, 1.807) is 13.0 Å². The molecule has 0 radical (unpaired) electrons. The monoisotopic (exact) mass is 259 g/mol. The van der Waals surface area contributed by atoms with E-state index < -0.39 is 5.82 Å². The minimum absolute atomic E-state index is 0.112. The van der Waals surface area contributed by atoms with Crippen LogP contribution in [0.15, 0.2) is 12.1 Å². The minimum atomic E-state index is -0.443. The molecule has 0 spiro atoms. The van der Waals surface area contributed by atoms with Crippen molar-refractivity contribution in [3.8, 4) is 5.75 Å². The standard InChI is InChI=1S/C13H19ClFNO/c1-3-5-6-12(16)9-7-10(14)13(17-4-2)11(15)8-9/h7-8,12H,3-6,16H2,1-2H3/t12-/m0/s1. The van der Waals surface area contributed by atoms with E-state index in [2.05, 4.69) is 6.92 Å². The van der Waals surface area contributed by atoms with Crippen molar-refractivity contribution in [2.45, 2.75) is 39.2 Å². The molecule has 4 heteroatoms. The Kier molecular flexibility index (Phi) is 5.72. The van der Waals surface area contributed by atoms with Gasteiger partial charge in [0, 0.05) is 6.04 Å². The van der Waals surface area contributed by atoms with Crippen molar-refractivity contribution in [3.05, 3.63) is 28.5 Å². The van der Waals surface area contributed by atoms with E-state index in [4.69, 9.17) is 22.1 Å². The molecular formula is C13H19ClFNO. The van der Waals surface area contributed by atoms with Gasteiger partial charge in [-0.25, -0.2) is 4.39 Å². The van der Waals surface area contributed by atoms with Crippen LogP contribution in [0.1, 0.15) is 44.7 Å². The fraction of sp³-hybridized carbons (Fsp3) is 0.538. The van der Waals surface area contributed by atoms with Gasteiger partial charge in [0.15, 0.2) is 11.6 Å². The van der Waals surface area contributed by atoms with Crippen molar-refractivity contribution in [1.82, 2.24) is 0 Å². The maximum absolute atomic E-state index is 13.7. The molecule has 2 N–H and O–H groups in total. The first-order chi connectivity index (χ1) is 8.10. The van der Waals surface area contributed by atoms with Crippen molar-refractivity contribution >= 4 is 11.6 Å². The first-order valence-corrected chi connectivity index (χ1v) is 6.35. The number of hydrogen-bond acceptors (Lipinski definition) is 2. The highest BCUT2D eigenvalue weighted by Gasteiger charge is 2.14. The Labute approximate surface area is 107 Å². The lowest BCUT2D eigenvalue weighted by molar-refractivity contribution is 0.321. The Bertz CT molecular complexity index is 347. The smallest absolute Gasteiger partial charge is 0.173 e. The van der Waals surface area contributed by atoms with Crippen LogP contribution in [0.2, 0.25) is 5.02 Å². The summed E-state index contributed by atoms with van der Waals surface area (Å²) < 4.78 is 18.9. The normalized spacial score (nSPS) is 12.5. The second-order valence-corrected chi connectivity index (χ2v) is 4.40. The molecule has 0 aliphatic rings. The quantitative estimate of drug-likeness (QED) is 0.836. The second kappa shape index (κ2) is 6.82. The lowest BCUT2D eigenvalue weighted by Gasteiger charge is -2.14. The summed E-state index contributed by atoms with van der Waals surface area (Å²) in [6, 6.07) is 2.94. The van der Waals surface area contributed by atoms with E-state index >= 15 is 0 Å². The molecule has 0 heterocycles. The number of hydrogen-bond donors (Lipinski definition) is 1. The molecular weight excluding hydrogens is 241 g/mol. The summed E-state index contributed by atoms with van der Waals surface area (Å²) in [7, 11) is 0. The van der Waals surface area contributed by atoms with Gasteiger partial charge in [-0.2, -0.15) is 0 Å². The molecule has 17 heavy (non-hydrogen) atoms. The predicted octanol–water partition coefficient (Wildman–Crippen LogP) is 4.07. The van der Waals surface area contributed by atoms with Crippen molar-refractivity contribution in [1.29, 1.82) is 0 Å². The fourth-order valence-corrected chi connectivity index (χ4v) is 1.94. The maximum atomic E-state index is 13.7. The van der Waals surface area contributed by atoms with Crippen LogP contribution < -0.4 is 10.5 Å². The van der Waals surface area contributed by atoms with Gasteiger partial charge in [0.2, 0.25) is 0 Å². The van der Waals surface area contributed by atoms with Crippen molar-refractivity contribution in [3.63, 3.8) is 0 Å². The third-order valence-electron chi connectivity index (χ3n) is 2.61. The Hall–Kier alpha value is -0.800. The molecule has 0 unspecified atom stereocenters. The Morgan fingerprint density at radius 3 is 2.65 bits per heavy atom. The lowest BCUT2D eigenvalue weighted by Crippen LogP contribution is -2.11. The van der Waals surface area contributed by atoms with Crippen LogP contribution in [0.4, 0.5) is 4.39 Å². The summed E-state index contributed by atoms with van der Waals surface area (Å²) in [5, 5.41) is 0.286. The zero-order valence-electron chi connectivity index (χ0n) is 10.3. The fourth-order valence-electron chi connectivity index (χ4n) is 1.67. The van der Waals surface area contributed by atoms with Crippen molar-refractivity contribution in [2.75, 3.05) is 6.61 Å². The van der Waals surface area contributed by atoms with Gasteiger partial charge < -0.3 is 10.5 Å². The largest absolute Gasteiger partial charge is 0.489 e. The van der Waals surface area contributed by atoms with E-state index in [1.807, 2.05) is 0 Å². The lowest BCUT2D eigenvalue weighted by atomic mass is 10.0. The van der Waals surface area contributed by atoms with Crippen LogP contribution in [0, 0.1) is 5.82 Å². The zero-order chi connectivity index (χ0) is 12.8. The summed E-state index contributed by atoms with van der Waals surface area (Å²) in [6.45, 7) is 4.27. The van der Waals surface area contributed by atoms with Gasteiger partial charge in [0.25, 0.3) is 0 Å². The van der Waals surface area contributed by atoms with E-state index in [-0.39, 0.29) is 16.8 Å². The van der Waals surface area contributed by atoms with Crippen LogP contribution in [-0.4, -0.2) is 6.61 Å². The highest BCUT2D eigenvalue weighted by Crippen LogP contribution is 2.31. The number of rotatable bonds is 6. The molecule has 0 amide bonds. The van der Waals surface area contributed by atoms with Gasteiger partial charge in [-0.15, -0.1) is 0 Å². The molecule has 1 atom stereocenters. The van der Waals surface area contributed by atoms with Gasteiger partial charge in [0.05, 0.1) is 11.6 Å². The Morgan fingerprint density at radius 1 is 1.41 bits per heavy atom. The van der Waals surface area contributed by atoms with Crippen LogP contribution in [0.25, 0.3) is 0 Å². The summed E-state index contributed by atoms with van der Waals surface area (Å²) in [5.74, 6) is -0.332. The van der Waals surface area contributed by atoms with Gasteiger partial charge in [-0.05, 0) is 31.0 Å². The molecule has 0 aliphatic carbocycles. The average molecular weight is 260 g/mol. The van der Waals surface area contributed by atoms with E-state index in [0.717, 1.165) is 24.8 Å². The molecule has 0 aliphatic heterocycles. The van der Waals surface area contributed by atoms with E-state index in [1.165, 1.54) is 6.07 Å². The molecule has 0 fully saturated rings. The summed E-state index contributed by atoms with van der Waals surface area (Å²) in [5.41, 5.74) is 6.70. The second-order valence-electron chi connectivity index (χ2n) is 4.00. The van der Waals surface area contributed by atoms with Gasteiger partial charge in [-0.3, -0.25) is 0 Å². The topological polar surface area (TPSA) is 35.2 Å². The third kappa shape index (κ3) is 3.86. The minimum Gasteiger partial charge on any atom is -0.489 e. The Balaban J connectivity index is 2.89. The predicted molar refractivity (Wildman–Crippen MR) is 69.0 cm³/mol. The third-order valence-corrected chi connectivity index (χ3v) is 2.89. The van der Waals surface area contributed by atoms with E-state index in [0.29, 0.717) is 6.61 Å². The van der Waals surface area contributed by atoms with E-state index in [9.17, 15) is 4.39 Å². The number of unbranched alkanes of at least 4 members (excludes halogenated alkanes) is 1. The molecule has 0 bridgehead atoms. The van der Waals surface area contributed by atoms with Crippen LogP contribution in [0.5, 0.6) is 5.75 Å². The highest BCUT2D eigenvalue weighted by atomic mass is 35.5. The van der Waals surface area contributed by atoms with Gasteiger partial charge in [0.1, 0.15) is 0 Å². The molecule has 0 aromatic heterocycles. The molecule has 2 nitrogen and oxygen atoms in total. The SMILES string of the molecule is CCCC[C@H](N)c1cc(F)c(OCC)c(Cl)c1. The zero-order valence-corrected chi connectivity index (χ0v) is 11.1. The van der Waals surface area contributed by atoms with Gasteiger partial charge >= 0.3 is 0 Å². The number of benzene rings is 1. The first-order valence-electron chi connectivity index (χ1n) is 5.97. The number of ether oxygens (including phenoxy) is 1. The first kappa shape index (κ1) is 14.3. The highest BCUT2D eigenvalue weighted by molar-refractivity contribution is 6.32. The maximum Gasteiger partial charge on any atom is 0.173 e. The van der Waals surface area contributed by atoms with Crippen LogP contribution in [-0.2, 0) is 0 Å². The molecule has 1 aromatic rings. The van der Waals surface area contributed by atoms with Gasteiger partial charge in [-0.1, -0.05) is 31.4 Å². The molecule has 0 saturated carbocycles. The van der Waals surface area contributed by atoms with Crippen LogP contribution in [0.3, 0.4) is 0 Å². The summed E-state index contributed by atoms with van der Waals surface area (Å²) in [4.78, 5) is 0. The number of nitrogens with two attached hydrogens (primary N) is 1. The molecule has 1 aromatic carbocycles. The molecule has 1 rings (SSSR count).